The van der Waals surface area contributed by atoms with Crippen molar-refractivity contribution in [2.75, 3.05) is 32.8 Å². The van der Waals surface area contributed by atoms with Crippen molar-refractivity contribution in [3.05, 3.63) is 23.8 Å². The van der Waals surface area contributed by atoms with E-state index in [0.717, 1.165) is 38.8 Å². The van der Waals surface area contributed by atoms with Crippen molar-refractivity contribution in [2.45, 2.75) is 13.3 Å². The lowest BCUT2D eigenvalue weighted by atomic mass is 9.98. The van der Waals surface area contributed by atoms with E-state index in [9.17, 15) is 0 Å². The van der Waals surface area contributed by atoms with E-state index in [0.29, 0.717) is 0 Å². The van der Waals surface area contributed by atoms with Crippen molar-refractivity contribution < 1.29 is 4.74 Å². The Morgan fingerprint density at radius 3 is 2.93 bits per heavy atom. The van der Waals surface area contributed by atoms with Gasteiger partial charge in [0, 0.05) is 19.6 Å². The van der Waals surface area contributed by atoms with E-state index in [1.54, 1.807) is 0 Å². The molecule has 0 aromatic rings. The van der Waals surface area contributed by atoms with Crippen LogP contribution in [0.1, 0.15) is 13.3 Å². The monoisotopic (exact) mass is 193 g/mol. The van der Waals surface area contributed by atoms with Gasteiger partial charge in [0.1, 0.15) is 0 Å². The van der Waals surface area contributed by atoms with Crippen LogP contribution in [0.15, 0.2) is 23.8 Å². The van der Waals surface area contributed by atoms with Crippen molar-refractivity contribution in [1.82, 2.24) is 4.90 Å². The molecular weight excluding hydrogens is 174 g/mol. The Balaban J connectivity index is 1.86. The van der Waals surface area contributed by atoms with Gasteiger partial charge < -0.3 is 4.74 Å². The standard InChI is InChI=1S/C12H19NO/c1-11-3-2-4-12(9-11)10-13-5-7-14-8-6-13/h2,4,9,11H,3,5-8,10H2,1H3. The molecule has 1 unspecified atom stereocenters. The molecule has 2 aliphatic rings. The molecular formula is C12H19NO. The highest BCUT2D eigenvalue weighted by molar-refractivity contribution is 5.25. The van der Waals surface area contributed by atoms with Gasteiger partial charge in [-0.1, -0.05) is 25.2 Å². The van der Waals surface area contributed by atoms with Crippen molar-refractivity contribution in [2.24, 2.45) is 5.92 Å². The van der Waals surface area contributed by atoms with Gasteiger partial charge >= 0.3 is 0 Å². The summed E-state index contributed by atoms with van der Waals surface area (Å²) in [5.41, 5.74) is 1.48. The van der Waals surface area contributed by atoms with Gasteiger partial charge in [0.2, 0.25) is 0 Å². The number of allylic oxidation sites excluding steroid dienone is 2. The Morgan fingerprint density at radius 1 is 1.43 bits per heavy atom. The maximum atomic E-state index is 5.33. The molecule has 1 atom stereocenters. The van der Waals surface area contributed by atoms with Crippen LogP contribution in [0.4, 0.5) is 0 Å². The van der Waals surface area contributed by atoms with E-state index in [4.69, 9.17) is 4.74 Å². The zero-order valence-electron chi connectivity index (χ0n) is 8.91. The van der Waals surface area contributed by atoms with Gasteiger partial charge in [0.05, 0.1) is 13.2 Å². The molecule has 0 amide bonds. The van der Waals surface area contributed by atoms with Crippen LogP contribution in [-0.4, -0.2) is 37.7 Å². The van der Waals surface area contributed by atoms with Crippen LogP contribution >= 0.6 is 0 Å². The second-order valence-corrected chi connectivity index (χ2v) is 4.25. The third kappa shape index (κ3) is 2.69. The molecule has 0 N–H and O–H groups in total. The van der Waals surface area contributed by atoms with Gasteiger partial charge in [-0.3, -0.25) is 4.90 Å². The van der Waals surface area contributed by atoms with Crippen LogP contribution in [0.25, 0.3) is 0 Å². The first kappa shape index (κ1) is 9.94. The summed E-state index contributed by atoms with van der Waals surface area (Å²) in [6.45, 7) is 7.34. The highest BCUT2D eigenvalue weighted by Crippen LogP contribution is 2.16. The van der Waals surface area contributed by atoms with Crippen molar-refractivity contribution >= 4 is 0 Å². The van der Waals surface area contributed by atoms with Crippen LogP contribution in [0, 0.1) is 5.92 Å². The molecule has 0 spiro atoms. The van der Waals surface area contributed by atoms with Crippen LogP contribution < -0.4 is 0 Å². The Kier molecular flexibility index (Phi) is 3.38. The molecule has 0 aromatic carbocycles. The van der Waals surface area contributed by atoms with E-state index in [-0.39, 0.29) is 0 Å². The molecule has 2 rings (SSSR count). The second kappa shape index (κ2) is 4.76. The molecule has 1 aliphatic heterocycles. The maximum absolute atomic E-state index is 5.33. The third-order valence-corrected chi connectivity index (χ3v) is 2.85. The van der Waals surface area contributed by atoms with Crippen LogP contribution in [0.5, 0.6) is 0 Å². The summed E-state index contributed by atoms with van der Waals surface area (Å²) in [4.78, 5) is 2.47. The SMILES string of the molecule is CC1C=C(CN2CCOCC2)C=CC1. The number of nitrogens with zero attached hydrogens (tertiary/aromatic N) is 1. The lowest BCUT2D eigenvalue weighted by Gasteiger charge is -2.27. The predicted octanol–water partition coefficient (Wildman–Crippen LogP) is 1.84. The van der Waals surface area contributed by atoms with Crippen molar-refractivity contribution in [3.8, 4) is 0 Å². The summed E-state index contributed by atoms with van der Waals surface area (Å²) in [6.07, 6.45) is 8.16. The lowest BCUT2D eigenvalue weighted by molar-refractivity contribution is 0.0425. The fourth-order valence-electron chi connectivity index (χ4n) is 2.05. The summed E-state index contributed by atoms with van der Waals surface area (Å²) < 4.78 is 5.33. The van der Waals surface area contributed by atoms with Gasteiger partial charge in [0.25, 0.3) is 0 Å². The zero-order valence-corrected chi connectivity index (χ0v) is 8.91. The van der Waals surface area contributed by atoms with E-state index in [2.05, 4.69) is 30.1 Å². The molecule has 78 valence electrons. The lowest BCUT2D eigenvalue weighted by Crippen LogP contribution is -2.37. The third-order valence-electron chi connectivity index (χ3n) is 2.85. The van der Waals surface area contributed by atoms with Gasteiger partial charge in [-0.2, -0.15) is 0 Å². The summed E-state index contributed by atoms with van der Waals surface area (Å²) >= 11 is 0. The Hall–Kier alpha value is -0.600. The second-order valence-electron chi connectivity index (χ2n) is 4.25. The highest BCUT2D eigenvalue weighted by atomic mass is 16.5. The first-order chi connectivity index (χ1) is 6.84. The largest absolute Gasteiger partial charge is 0.379 e. The number of morpholine rings is 1. The first-order valence-electron chi connectivity index (χ1n) is 5.52. The number of hydrogen-bond donors (Lipinski definition) is 0. The van der Waals surface area contributed by atoms with E-state index in [1.807, 2.05) is 0 Å². The average molecular weight is 193 g/mol. The molecule has 2 heteroatoms. The van der Waals surface area contributed by atoms with Gasteiger partial charge in [-0.25, -0.2) is 0 Å². The minimum absolute atomic E-state index is 0.719. The Labute approximate surface area is 86.2 Å². The molecule has 2 nitrogen and oxygen atoms in total. The summed E-state index contributed by atoms with van der Waals surface area (Å²) in [7, 11) is 0. The molecule has 1 aliphatic carbocycles. The molecule has 0 bridgehead atoms. The molecule has 0 saturated carbocycles. The fraction of sp³-hybridized carbons (Fsp3) is 0.667. The topological polar surface area (TPSA) is 12.5 Å². The number of ether oxygens (including phenoxy) is 1. The molecule has 0 aromatic heterocycles. The first-order valence-corrected chi connectivity index (χ1v) is 5.52. The molecule has 0 radical (unpaired) electrons. The fourth-order valence-corrected chi connectivity index (χ4v) is 2.05. The zero-order chi connectivity index (χ0) is 9.80. The van der Waals surface area contributed by atoms with Crippen molar-refractivity contribution in [3.63, 3.8) is 0 Å². The smallest absolute Gasteiger partial charge is 0.0594 e. The minimum atomic E-state index is 0.719. The van der Waals surface area contributed by atoms with E-state index < -0.39 is 0 Å². The summed E-state index contributed by atoms with van der Waals surface area (Å²) in [6, 6.07) is 0. The van der Waals surface area contributed by atoms with Gasteiger partial charge in [-0.15, -0.1) is 0 Å². The number of hydrogen-bond acceptors (Lipinski definition) is 2. The summed E-state index contributed by atoms with van der Waals surface area (Å²) in [5.74, 6) is 0.719. The highest BCUT2D eigenvalue weighted by Gasteiger charge is 2.12. The van der Waals surface area contributed by atoms with Crippen LogP contribution in [-0.2, 0) is 4.74 Å². The predicted molar refractivity (Wildman–Crippen MR) is 58.3 cm³/mol. The Bertz CT molecular complexity index is 239. The maximum Gasteiger partial charge on any atom is 0.0594 e. The molecule has 1 saturated heterocycles. The minimum Gasteiger partial charge on any atom is -0.379 e. The molecule has 1 heterocycles. The van der Waals surface area contributed by atoms with E-state index in [1.165, 1.54) is 12.0 Å². The number of rotatable bonds is 2. The quantitative estimate of drug-likeness (QED) is 0.663. The van der Waals surface area contributed by atoms with Gasteiger partial charge in [-0.05, 0) is 17.9 Å². The van der Waals surface area contributed by atoms with E-state index >= 15 is 0 Å². The average Bonchev–Trinajstić information content (AvgIpc) is 2.19. The van der Waals surface area contributed by atoms with Crippen molar-refractivity contribution in [1.29, 1.82) is 0 Å². The Morgan fingerprint density at radius 2 is 2.21 bits per heavy atom. The molecule has 1 fully saturated rings. The summed E-state index contributed by atoms with van der Waals surface area (Å²) in [5, 5.41) is 0. The van der Waals surface area contributed by atoms with Crippen LogP contribution in [0.2, 0.25) is 0 Å². The van der Waals surface area contributed by atoms with Gasteiger partial charge in [0.15, 0.2) is 0 Å². The molecule has 14 heavy (non-hydrogen) atoms. The normalized spacial score (nSPS) is 28.9. The van der Waals surface area contributed by atoms with Crippen LogP contribution in [0.3, 0.4) is 0 Å².